The van der Waals surface area contributed by atoms with Crippen LogP contribution in [-0.4, -0.2) is 29.8 Å². The second-order valence-electron chi connectivity index (χ2n) is 6.21. The van der Waals surface area contributed by atoms with Crippen molar-refractivity contribution >= 4 is 5.91 Å². The van der Waals surface area contributed by atoms with Gasteiger partial charge in [-0.3, -0.25) is 4.79 Å². The minimum absolute atomic E-state index is 0.0331. The number of fused-ring (bicyclic) bond motifs is 2. The van der Waals surface area contributed by atoms with E-state index in [1.807, 2.05) is 0 Å². The molecule has 21 heavy (non-hydrogen) atoms. The van der Waals surface area contributed by atoms with Gasteiger partial charge in [0.05, 0.1) is 24.7 Å². The Kier molecular flexibility index (Phi) is 3.71. The summed E-state index contributed by atoms with van der Waals surface area (Å²) >= 11 is 0. The van der Waals surface area contributed by atoms with E-state index in [1.54, 1.807) is 6.92 Å². The van der Waals surface area contributed by atoms with Crippen molar-refractivity contribution < 1.29 is 19.0 Å². The number of aliphatic hydroxyl groups is 1. The molecule has 2 heterocycles. The number of hydrogen-bond donors (Lipinski definition) is 2. The molecule has 5 heteroatoms. The first-order valence-electron chi connectivity index (χ1n) is 7.37. The molecule has 114 valence electrons. The molecule has 2 aliphatic heterocycles. The molecule has 1 amide bonds. The number of ether oxygens (including phenoxy) is 1. The molecule has 1 aromatic rings. The van der Waals surface area contributed by atoms with Crippen molar-refractivity contribution in [2.24, 2.45) is 5.92 Å². The molecule has 0 aliphatic carbocycles. The van der Waals surface area contributed by atoms with E-state index in [0.29, 0.717) is 5.56 Å². The van der Waals surface area contributed by atoms with Gasteiger partial charge in [0.2, 0.25) is 5.91 Å². The third kappa shape index (κ3) is 2.94. The summed E-state index contributed by atoms with van der Waals surface area (Å²) in [7, 11) is 0. The highest BCUT2D eigenvalue weighted by Gasteiger charge is 2.44. The first-order valence-corrected chi connectivity index (χ1v) is 7.37. The summed E-state index contributed by atoms with van der Waals surface area (Å²) in [6, 6.07) is 5.66. The van der Waals surface area contributed by atoms with Crippen LogP contribution < -0.4 is 5.32 Å². The minimum atomic E-state index is -1.22. The predicted molar refractivity (Wildman–Crippen MR) is 75.0 cm³/mol. The molecule has 0 radical (unpaired) electrons. The summed E-state index contributed by atoms with van der Waals surface area (Å²) in [5, 5.41) is 13.2. The van der Waals surface area contributed by atoms with Gasteiger partial charge in [-0.2, -0.15) is 0 Å². The largest absolute Gasteiger partial charge is 0.384 e. The molecule has 2 fully saturated rings. The molecule has 4 unspecified atom stereocenters. The van der Waals surface area contributed by atoms with Crippen LogP contribution in [0.3, 0.4) is 0 Å². The van der Waals surface area contributed by atoms with Crippen LogP contribution in [0.2, 0.25) is 0 Å². The number of hydrogen-bond acceptors (Lipinski definition) is 3. The molecule has 3 rings (SSSR count). The number of rotatable bonds is 4. The third-order valence-corrected chi connectivity index (χ3v) is 4.52. The Morgan fingerprint density at radius 3 is 2.71 bits per heavy atom. The smallest absolute Gasteiger partial charge is 0.225 e. The van der Waals surface area contributed by atoms with Crippen molar-refractivity contribution in [1.29, 1.82) is 0 Å². The Morgan fingerprint density at radius 2 is 2.14 bits per heavy atom. The summed E-state index contributed by atoms with van der Waals surface area (Å²) in [5.41, 5.74) is -0.643. The van der Waals surface area contributed by atoms with Gasteiger partial charge in [0.1, 0.15) is 11.4 Å². The van der Waals surface area contributed by atoms with Gasteiger partial charge < -0.3 is 15.2 Å². The Hall–Kier alpha value is -1.46. The fraction of sp³-hybridized carbons (Fsp3) is 0.562. The van der Waals surface area contributed by atoms with E-state index < -0.39 is 5.60 Å². The molecule has 0 aromatic heterocycles. The van der Waals surface area contributed by atoms with Gasteiger partial charge in [0.15, 0.2) is 0 Å². The molecular formula is C16H20FNO3. The summed E-state index contributed by atoms with van der Waals surface area (Å²) in [5.74, 6) is -0.518. The minimum Gasteiger partial charge on any atom is -0.384 e. The normalized spacial score (nSPS) is 30.1. The zero-order valence-electron chi connectivity index (χ0n) is 12.0. The fourth-order valence-electron chi connectivity index (χ4n) is 3.22. The molecular weight excluding hydrogens is 273 g/mol. The summed E-state index contributed by atoms with van der Waals surface area (Å²) in [4.78, 5) is 12.2. The molecule has 2 aliphatic rings. The van der Waals surface area contributed by atoms with Crippen molar-refractivity contribution in [3.8, 4) is 0 Å². The number of halogens is 1. The summed E-state index contributed by atoms with van der Waals surface area (Å²) in [6.45, 7) is 1.71. The quantitative estimate of drug-likeness (QED) is 0.888. The first-order chi connectivity index (χ1) is 9.95. The highest BCUT2D eigenvalue weighted by molar-refractivity contribution is 5.79. The van der Waals surface area contributed by atoms with Crippen LogP contribution in [-0.2, 0) is 15.1 Å². The number of carbonyl (C=O) groups is 1. The van der Waals surface area contributed by atoms with Gasteiger partial charge in [-0.1, -0.05) is 12.1 Å². The molecule has 0 spiro atoms. The van der Waals surface area contributed by atoms with Crippen molar-refractivity contribution in [1.82, 2.24) is 5.32 Å². The highest BCUT2D eigenvalue weighted by atomic mass is 19.1. The number of benzene rings is 1. The van der Waals surface area contributed by atoms with Crippen LogP contribution in [0.4, 0.5) is 4.39 Å². The van der Waals surface area contributed by atoms with Gasteiger partial charge >= 0.3 is 0 Å². The highest BCUT2D eigenvalue weighted by Crippen LogP contribution is 2.38. The van der Waals surface area contributed by atoms with E-state index in [2.05, 4.69) is 5.32 Å². The van der Waals surface area contributed by atoms with Crippen LogP contribution in [0.25, 0.3) is 0 Å². The van der Waals surface area contributed by atoms with Crippen LogP contribution in [0.1, 0.15) is 31.7 Å². The van der Waals surface area contributed by atoms with E-state index in [0.717, 1.165) is 19.3 Å². The van der Waals surface area contributed by atoms with Gasteiger partial charge in [-0.25, -0.2) is 4.39 Å². The second kappa shape index (κ2) is 5.39. The number of amides is 1. The molecule has 4 atom stereocenters. The average Bonchev–Trinajstić information content (AvgIpc) is 3.08. The van der Waals surface area contributed by atoms with E-state index in [1.165, 1.54) is 24.3 Å². The Morgan fingerprint density at radius 1 is 1.43 bits per heavy atom. The zero-order chi connectivity index (χ0) is 15.0. The Labute approximate surface area is 123 Å². The average molecular weight is 293 g/mol. The summed E-state index contributed by atoms with van der Waals surface area (Å²) in [6.07, 6.45) is 3.02. The predicted octanol–water partition coefficient (Wildman–Crippen LogP) is 1.72. The fourth-order valence-corrected chi connectivity index (χ4v) is 3.22. The van der Waals surface area contributed by atoms with E-state index in [-0.39, 0.29) is 36.4 Å². The molecule has 0 saturated carbocycles. The zero-order valence-corrected chi connectivity index (χ0v) is 12.0. The lowest BCUT2D eigenvalue weighted by molar-refractivity contribution is -0.127. The molecule has 2 saturated heterocycles. The maximum Gasteiger partial charge on any atom is 0.225 e. The summed E-state index contributed by atoms with van der Waals surface area (Å²) < 4.78 is 18.6. The standard InChI is InChI=1S/C16H20FNO3/c1-16(20,10-2-4-11(17)5-3-10)9-18-15(19)13-8-12-6-7-14(13)21-12/h2-5,12-14,20H,6-9H2,1H3,(H,18,19). The van der Waals surface area contributed by atoms with Gasteiger partial charge in [0, 0.05) is 0 Å². The van der Waals surface area contributed by atoms with Crippen LogP contribution >= 0.6 is 0 Å². The first kappa shape index (κ1) is 14.5. The van der Waals surface area contributed by atoms with E-state index in [4.69, 9.17) is 4.74 Å². The van der Waals surface area contributed by atoms with Gasteiger partial charge in [-0.05, 0) is 43.9 Å². The lowest BCUT2D eigenvalue weighted by atomic mass is 9.88. The van der Waals surface area contributed by atoms with Gasteiger partial charge in [-0.15, -0.1) is 0 Å². The molecule has 4 nitrogen and oxygen atoms in total. The Bertz CT molecular complexity index is 529. The maximum atomic E-state index is 12.9. The lowest BCUT2D eigenvalue weighted by Gasteiger charge is -2.26. The van der Waals surface area contributed by atoms with Crippen LogP contribution in [0, 0.1) is 11.7 Å². The second-order valence-corrected chi connectivity index (χ2v) is 6.21. The van der Waals surface area contributed by atoms with Crippen LogP contribution in [0.15, 0.2) is 24.3 Å². The lowest BCUT2D eigenvalue weighted by Crippen LogP contribution is -2.43. The van der Waals surface area contributed by atoms with Crippen molar-refractivity contribution in [3.05, 3.63) is 35.6 Å². The third-order valence-electron chi connectivity index (χ3n) is 4.52. The maximum absolute atomic E-state index is 12.9. The van der Waals surface area contributed by atoms with Crippen molar-refractivity contribution in [2.45, 2.75) is 44.0 Å². The molecule has 2 bridgehead atoms. The van der Waals surface area contributed by atoms with E-state index >= 15 is 0 Å². The van der Waals surface area contributed by atoms with Crippen molar-refractivity contribution in [3.63, 3.8) is 0 Å². The number of carbonyl (C=O) groups excluding carboxylic acids is 1. The molecule has 2 N–H and O–H groups in total. The monoisotopic (exact) mass is 293 g/mol. The van der Waals surface area contributed by atoms with Gasteiger partial charge in [0.25, 0.3) is 0 Å². The molecule has 1 aromatic carbocycles. The van der Waals surface area contributed by atoms with Crippen molar-refractivity contribution in [2.75, 3.05) is 6.54 Å². The van der Waals surface area contributed by atoms with Crippen LogP contribution in [0.5, 0.6) is 0 Å². The van der Waals surface area contributed by atoms with E-state index in [9.17, 15) is 14.3 Å². The Balaban J connectivity index is 1.58. The number of nitrogens with one attached hydrogen (secondary N) is 1. The SMILES string of the molecule is CC(O)(CNC(=O)C1CC2CCC1O2)c1ccc(F)cc1. The topological polar surface area (TPSA) is 58.6 Å².